The van der Waals surface area contributed by atoms with Gasteiger partial charge in [0.15, 0.2) is 11.5 Å². The highest BCUT2D eigenvalue weighted by molar-refractivity contribution is 5.55. The Bertz CT molecular complexity index is 713. The molecule has 0 saturated heterocycles. The van der Waals surface area contributed by atoms with Gasteiger partial charge in [0.2, 0.25) is 0 Å². The van der Waals surface area contributed by atoms with Crippen molar-refractivity contribution in [1.82, 2.24) is 4.57 Å². The van der Waals surface area contributed by atoms with Crippen molar-refractivity contribution >= 4 is 5.69 Å². The summed E-state index contributed by atoms with van der Waals surface area (Å²) in [5.41, 5.74) is 3.85. The molecule has 0 saturated carbocycles. The number of benzene rings is 1. The summed E-state index contributed by atoms with van der Waals surface area (Å²) in [6.07, 6.45) is 0. The van der Waals surface area contributed by atoms with Gasteiger partial charge in [-0.1, -0.05) is 0 Å². The minimum atomic E-state index is 0.583. The molecule has 5 nitrogen and oxygen atoms in total. The van der Waals surface area contributed by atoms with E-state index in [0.717, 1.165) is 28.4 Å². The van der Waals surface area contributed by atoms with Crippen LogP contribution < -0.4 is 14.8 Å². The van der Waals surface area contributed by atoms with Gasteiger partial charge in [0, 0.05) is 31.0 Å². The highest BCUT2D eigenvalue weighted by Crippen LogP contribution is 2.32. The summed E-state index contributed by atoms with van der Waals surface area (Å²) in [4.78, 5) is 0. The zero-order valence-corrected chi connectivity index (χ0v) is 12.1. The van der Waals surface area contributed by atoms with E-state index in [9.17, 15) is 0 Å². The van der Waals surface area contributed by atoms with E-state index in [1.807, 2.05) is 42.8 Å². The SMILES string of the molecule is Cc1c(CNc2ccc3c(c2)OCCO3)cc(C#N)n1C. The number of hydrogen-bond donors (Lipinski definition) is 1. The van der Waals surface area contributed by atoms with E-state index in [1.165, 1.54) is 0 Å². The van der Waals surface area contributed by atoms with Gasteiger partial charge >= 0.3 is 0 Å². The molecule has 2 heterocycles. The standard InChI is InChI=1S/C16H17N3O2/c1-11-12(7-14(9-17)19(11)2)10-18-13-3-4-15-16(8-13)21-6-5-20-15/h3-4,7-8,18H,5-6,10H2,1-2H3. The molecule has 2 aromatic rings. The number of rotatable bonds is 3. The number of ether oxygens (including phenoxy) is 2. The predicted octanol–water partition coefficient (Wildman–Crippen LogP) is 2.59. The second kappa shape index (κ2) is 5.41. The Morgan fingerprint density at radius 2 is 2.00 bits per heavy atom. The van der Waals surface area contributed by atoms with Crippen LogP contribution in [0.5, 0.6) is 11.5 Å². The Kier molecular flexibility index (Phi) is 3.44. The maximum absolute atomic E-state index is 9.05. The fourth-order valence-corrected chi connectivity index (χ4v) is 2.40. The van der Waals surface area contributed by atoms with Crippen LogP contribution in [-0.4, -0.2) is 17.8 Å². The normalized spacial score (nSPS) is 12.8. The third-order valence-corrected chi connectivity index (χ3v) is 3.78. The largest absolute Gasteiger partial charge is 0.486 e. The molecule has 1 aliphatic rings. The molecule has 21 heavy (non-hydrogen) atoms. The van der Waals surface area contributed by atoms with Crippen LogP contribution in [0.15, 0.2) is 24.3 Å². The van der Waals surface area contributed by atoms with Crippen molar-refractivity contribution in [2.45, 2.75) is 13.5 Å². The summed E-state index contributed by atoms with van der Waals surface area (Å²) in [6, 6.07) is 9.94. The molecule has 1 aromatic carbocycles. The van der Waals surface area contributed by atoms with Crippen LogP contribution in [0, 0.1) is 18.3 Å². The van der Waals surface area contributed by atoms with Gasteiger partial charge in [-0.3, -0.25) is 0 Å². The van der Waals surface area contributed by atoms with Crippen LogP contribution in [-0.2, 0) is 13.6 Å². The van der Waals surface area contributed by atoms with E-state index in [4.69, 9.17) is 14.7 Å². The third kappa shape index (κ3) is 2.52. The molecule has 5 heteroatoms. The Morgan fingerprint density at radius 3 is 2.71 bits per heavy atom. The molecular formula is C16H17N3O2. The average molecular weight is 283 g/mol. The lowest BCUT2D eigenvalue weighted by atomic mass is 10.2. The van der Waals surface area contributed by atoms with Crippen molar-refractivity contribution in [3.05, 3.63) is 41.2 Å². The number of nitrogens with one attached hydrogen (secondary N) is 1. The summed E-state index contributed by atoms with van der Waals surface area (Å²) in [7, 11) is 1.90. The maximum atomic E-state index is 9.05. The van der Waals surface area contributed by atoms with Crippen molar-refractivity contribution in [3.63, 3.8) is 0 Å². The molecule has 0 fully saturated rings. The van der Waals surface area contributed by atoms with Crippen LogP contribution in [0.2, 0.25) is 0 Å². The highest BCUT2D eigenvalue weighted by Gasteiger charge is 2.12. The maximum Gasteiger partial charge on any atom is 0.163 e. The first-order valence-electron chi connectivity index (χ1n) is 6.88. The van der Waals surface area contributed by atoms with Crippen molar-refractivity contribution in [3.8, 4) is 17.6 Å². The predicted molar refractivity (Wildman–Crippen MR) is 79.6 cm³/mol. The highest BCUT2D eigenvalue weighted by atomic mass is 16.6. The molecule has 1 aliphatic heterocycles. The fraction of sp³-hybridized carbons (Fsp3) is 0.312. The monoisotopic (exact) mass is 283 g/mol. The molecule has 0 atom stereocenters. The Morgan fingerprint density at radius 1 is 1.24 bits per heavy atom. The third-order valence-electron chi connectivity index (χ3n) is 3.78. The van der Waals surface area contributed by atoms with E-state index in [0.29, 0.717) is 25.5 Å². The van der Waals surface area contributed by atoms with Gasteiger partial charge in [-0.15, -0.1) is 0 Å². The minimum absolute atomic E-state index is 0.583. The van der Waals surface area contributed by atoms with Crippen molar-refractivity contribution in [2.24, 2.45) is 7.05 Å². The van der Waals surface area contributed by atoms with E-state index in [1.54, 1.807) is 0 Å². The first kappa shape index (κ1) is 13.4. The van der Waals surface area contributed by atoms with Gasteiger partial charge in [0.25, 0.3) is 0 Å². The Labute approximate surface area is 123 Å². The van der Waals surface area contributed by atoms with Crippen LogP contribution in [0.4, 0.5) is 5.69 Å². The molecule has 0 bridgehead atoms. The van der Waals surface area contributed by atoms with Gasteiger partial charge < -0.3 is 19.4 Å². The number of nitriles is 1. The lowest BCUT2D eigenvalue weighted by Crippen LogP contribution is -2.15. The first-order valence-corrected chi connectivity index (χ1v) is 6.88. The number of anilines is 1. The molecule has 0 unspecified atom stereocenters. The van der Waals surface area contributed by atoms with E-state index < -0.39 is 0 Å². The van der Waals surface area contributed by atoms with Crippen LogP contribution >= 0.6 is 0 Å². The molecular weight excluding hydrogens is 266 g/mol. The van der Waals surface area contributed by atoms with Crippen LogP contribution in [0.3, 0.4) is 0 Å². The van der Waals surface area contributed by atoms with Gasteiger partial charge in [-0.25, -0.2) is 0 Å². The van der Waals surface area contributed by atoms with Gasteiger partial charge in [0.05, 0.1) is 0 Å². The molecule has 0 amide bonds. The van der Waals surface area contributed by atoms with Crippen LogP contribution in [0.1, 0.15) is 17.0 Å². The fourth-order valence-electron chi connectivity index (χ4n) is 2.40. The van der Waals surface area contributed by atoms with Crippen molar-refractivity contribution < 1.29 is 9.47 Å². The lowest BCUT2D eigenvalue weighted by Gasteiger charge is -2.19. The van der Waals surface area contributed by atoms with E-state index in [-0.39, 0.29) is 0 Å². The molecule has 1 aromatic heterocycles. The smallest absolute Gasteiger partial charge is 0.163 e. The van der Waals surface area contributed by atoms with E-state index >= 15 is 0 Å². The Hall–Kier alpha value is -2.61. The zero-order valence-electron chi connectivity index (χ0n) is 12.1. The van der Waals surface area contributed by atoms with Crippen LogP contribution in [0.25, 0.3) is 0 Å². The molecule has 108 valence electrons. The summed E-state index contributed by atoms with van der Waals surface area (Å²) in [5.74, 6) is 1.56. The van der Waals surface area contributed by atoms with Crippen molar-refractivity contribution in [2.75, 3.05) is 18.5 Å². The lowest BCUT2D eigenvalue weighted by molar-refractivity contribution is 0.171. The van der Waals surface area contributed by atoms with Crippen molar-refractivity contribution in [1.29, 1.82) is 5.26 Å². The quantitative estimate of drug-likeness (QED) is 0.940. The first-order chi connectivity index (χ1) is 10.2. The molecule has 1 N–H and O–H groups in total. The number of fused-ring (bicyclic) bond motifs is 1. The second-order valence-electron chi connectivity index (χ2n) is 5.02. The van der Waals surface area contributed by atoms with Gasteiger partial charge in [0.1, 0.15) is 25.0 Å². The zero-order chi connectivity index (χ0) is 14.8. The number of nitrogens with zero attached hydrogens (tertiary/aromatic N) is 2. The summed E-state index contributed by atoms with van der Waals surface area (Å²) < 4.78 is 13.0. The van der Waals surface area contributed by atoms with E-state index in [2.05, 4.69) is 11.4 Å². The summed E-state index contributed by atoms with van der Waals surface area (Å²) in [5, 5.41) is 12.4. The molecule has 0 radical (unpaired) electrons. The molecule has 0 spiro atoms. The molecule has 3 rings (SSSR count). The Balaban J connectivity index is 1.75. The van der Waals surface area contributed by atoms with Gasteiger partial charge in [-0.05, 0) is 30.7 Å². The van der Waals surface area contributed by atoms with Gasteiger partial charge in [-0.2, -0.15) is 5.26 Å². The number of aromatic nitrogens is 1. The summed E-state index contributed by atoms with van der Waals surface area (Å²) in [6.45, 7) is 3.86. The second-order valence-corrected chi connectivity index (χ2v) is 5.02. The topological polar surface area (TPSA) is 59.2 Å². The minimum Gasteiger partial charge on any atom is -0.486 e. The number of hydrogen-bond acceptors (Lipinski definition) is 4. The average Bonchev–Trinajstić information content (AvgIpc) is 2.80. The summed E-state index contributed by atoms with van der Waals surface area (Å²) >= 11 is 0. The molecule has 0 aliphatic carbocycles.